The summed E-state index contributed by atoms with van der Waals surface area (Å²) in [5.74, 6) is -0.925. The number of fused-ring (bicyclic) bond motifs is 1. The lowest BCUT2D eigenvalue weighted by molar-refractivity contribution is 0.0664. The van der Waals surface area contributed by atoms with Crippen molar-refractivity contribution in [2.75, 3.05) is 7.11 Å². The number of aryl methyl sites for hydroxylation is 1. The van der Waals surface area contributed by atoms with Gasteiger partial charge in [0, 0.05) is 5.56 Å². The minimum atomic E-state index is -1.14. The standard InChI is InChI=1S/C12H9NO4/c1-6-9-8(17-10(6)12(14)15)4-3-7(5-13)11(9)16-2/h3-4H,1-2H3,(H,14,15). The van der Waals surface area contributed by atoms with Crippen LogP contribution in [0.4, 0.5) is 0 Å². The summed E-state index contributed by atoms with van der Waals surface area (Å²) in [6.07, 6.45) is 0. The molecular weight excluding hydrogens is 222 g/mol. The number of hydrogen-bond donors (Lipinski definition) is 1. The Bertz CT molecular complexity index is 649. The van der Waals surface area contributed by atoms with E-state index in [-0.39, 0.29) is 5.76 Å². The molecule has 2 aromatic rings. The monoisotopic (exact) mass is 231 g/mol. The van der Waals surface area contributed by atoms with Crippen LogP contribution in [0.1, 0.15) is 21.7 Å². The van der Waals surface area contributed by atoms with Gasteiger partial charge in [-0.15, -0.1) is 0 Å². The van der Waals surface area contributed by atoms with Crippen LogP contribution < -0.4 is 4.74 Å². The number of furan rings is 1. The van der Waals surface area contributed by atoms with Crippen molar-refractivity contribution >= 4 is 16.9 Å². The average Bonchev–Trinajstić information content (AvgIpc) is 2.66. The Labute approximate surface area is 96.8 Å². The lowest BCUT2D eigenvalue weighted by Gasteiger charge is -2.03. The maximum absolute atomic E-state index is 10.9. The van der Waals surface area contributed by atoms with Crippen LogP contribution in [0, 0.1) is 18.3 Å². The molecule has 1 N–H and O–H groups in total. The molecule has 0 bridgehead atoms. The molecule has 2 rings (SSSR count). The van der Waals surface area contributed by atoms with Crippen LogP contribution in [0.5, 0.6) is 5.75 Å². The highest BCUT2D eigenvalue weighted by atomic mass is 16.5. The van der Waals surface area contributed by atoms with E-state index in [2.05, 4.69) is 0 Å². The van der Waals surface area contributed by atoms with E-state index in [0.29, 0.717) is 27.8 Å². The Morgan fingerprint density at radius 3 is 2.76 bits per heavy atom. The fourth-order valence-corrected chi connectivity index (χ4v) is 1.81. The zero-order chi connectivity index (χ0) is 12.6. The molecule has 0 aliphatic rings. The van der Waals surface area contributed by atoms with E-state index in [1.165, 1.54) is 13.2 Å². The topological polar surface area (TPSA) is 83.5 Å². The van der Waals surface area contributed by atoms with Crippen molar-refractivity contribution in [3.8, 4) is 11.8 Å². The molecule has 5 nitrogen and oxygen atoms in total. The molecule has 0 fully saturated rings. The summed E-state index contributed by atoms with van der Waals surface area (Å²) < 4.78 is 10.4. The largest absolute Gasteiger partial charge is 0.495 e. The highest BCUT2D eigenvalue weighted by molar-refractivity contribution is 5.98. The number of aromatic carboxylic acids is 1. The van der Waals surface area contributed by atoms with Gasteiger partial charge >= 0.3 is 5.97 Å². The third-order valence-electron chi connectivity index (χ3n) is 2.57. The van der Waals surface area contributed by atoms with Crippen LogP contribution in [0.2, 0.25) is 0 Å². The Balaban J connectivity index is 2.90. The lowest BCUT2D eigenvalue weighted by Crippen LogP contribution is -1.95. The Morgan fingerprint density at radius 2 is 2.24 bits per heavy atom. The summed E-state index contributed by atoms with van der Waals surface area (Å²) in [4.78, 5) is 10.9. The number of nitriles is 1. The van der Waals surface area contributed by atoms with Crippen LogP contribution in [-0.2, 0) is 0 Å². The second kappa shape index (κ2) is 3.83. The number of rotatable bonds is 2. The molecule has 86 valence electrons. The van der Waals surface area contributed by atoms with E-state index in [9.17, 15) is 4.79 Å². The van der Waals surface area contributed by atoms with E-state index in [1.54, 1.807) is 13.0 Å². The second-order valence-corrected chi connectivity index (χ2v) is 3.49. The van der Waals surface area contributed by atoms with Crippen LogP contribution in [0.15, 0.2) is 16.5 Å². The molecule has 0 unspecified atom stereocenters. The summed E-state index contributed by atoms with van der Waals surface area (Å²) >= 11 is 0. The molecule has 17 heavy (non-hydrogen) atoms. The molecule has 0 aliphatic heterocycles. The number of hydrogen-bond acceptors (Lipinski definition) is 4. The zero-order valence-corrected chi connectivity index (χ0v) is 9.27. The average molecular weight is 231 g/mol. The van der Waals surface area contributed by atoms with Crippen LogP contribution in [-0.4, -0.2) is 18.2 Å². The molecule has 1 aromatic carbocycles. The molecule has 0 saturated heterocycles. The van der Waals surface area contributed by atoms with Crippen molar-refractivity contribution in [2.24, 2.45) is 0 Å². The summed E-state index contributed by atoms with van der Waals surface area (Å²) in [6.45, 7) is 1.62. The van der Waals surface area contributed by atoms with Crippen molar-refractivity contribution in [3.63, 3.8) is 0 Å². The molecule has 0 radical (unpaired) electrons. The number of carbonyl (C=O) groups is 1. The van der Waals surface area contributed by atoms with E-state index in [1.807, 2.05) is 6.07 Å². The third-order valence-corrected chi connectivity index (χ3v) is 2.57. The van der Waals surface area contributed by atoms with Gasteiger partial charge in [-0.25, -0.2) is 4.79 Å². The first-order valence-electron chi connectivity index (χ1n) is 4.83. The van der Waals surface area contributed by atoms with E-state index >= 15 is 0 Å². The van der Waals surface area contributed by atoms with Crippen molar-refractivity contribution in [1.82, 2.24) is 0 Å². The van der Waals surface area contributed by atoms with Crippen molar-refractivity contribution < 1.29 is 19.1 Å². The van der Waals surface area contributed by atoms with Crippen molar-refractivity contribution in [1.29, 1.82) is 5.26 Å². The van der Waals surface area contributed by atoms with Gasteiger partial charge in [0.25, 0.3) is 0 Å². The molecule has 0 spiro atoms. The van der Waals surface area contributed by atoms with Gasteiger partial charge in [0.2, 0.25) is 5.76 Å². The Hall–Kier alpha value is -2.48. The van der Waals surface area contributed by atoms with E-state index < -0.39 is 5.97 Å². The first kappa shape index (κ1) is 11.0. The van der Waals surface area contributed by atoms with Crippen LogP contribution in [0.25, 0.3) is 11.0 Å². The number of carboxylic acids is 1. The van der Waals surface area contributed by atoms with E-state index in [0.717, 1.165) is 0 Å². The first-order valence-corrected chi connectivity index (χ1v) is 4.83. The number of methoxy groups -OCH3 is 1. The lowest BCUT2D eigenvalue weighted by atomic mass is 10.1. The highest BCUT2D eigenvalue weighted by Crippen LogP contribution is 2.35. The van der Waals surface area contributed by atoms with Crippen LogP contribution in [0.3, 0.4) is 0 Å². The highest BCUT2D eigenvalue weighted by Gasteiger charge is 2.21. The molecule has 1 heterocycles. The summed E-state index contributed by atoms with van der Waals surface area (Å²) in [5, 5.41) is 18.4. The van der Waals surface area contributed by atoms with E-state index in [4.69, 9.17) is 19.5 Å². The van der Waals surface area contributed by atoms with Gasteiger partial charge in [0.15, 0.2) is 0 Å². The molecular formula is C12H9NO4. The molecule has 1 aromatic heterocycles. The van der Waals surface area contributed by atoms with Crippen molar-refractivity contribution in [2.45, 2.75) is 6.92 Å². The first-order chi connectivity index (χ1) is 8.10. The SMILES string of the molecule is COc1c(C#N)ccc2oc(C(=O)O)c(C)c12. The molecule has 0 aliphatic carbocycles. The number of nitrogens with zero attached hydrogens (tertiary/aromatic N) is 1. The number of benzene rings is 1. The minimum Gasteiger partial charge on any atom is -0.495 e. The maximum atomic E-state index is 10.9. The number of carboxylic acid groups (broad SMARTS) is 1. The fraction of sp³-hybridized carbons (Fsp3) is 0.167. The smallest absolute Gasteiger partial charge is 0.372 e. The van der Waals surface area contributed by atoms with Crippen LogP contribution >= 0.6 is 0 Å². The van der Waals surface area contributed by atoms with Crippen molar-refractivity contribution in [3.05, 3.63) is 29.0 Å². The van der Waals surface area contributed by atoms with Gasteiger partial charge in [-0.3, -0.25) is 0 Å². The second-order valence-electron chi connectivity index (χ2n) is 3.49. The summed E-state index contributed by atoms with van der Waals surface area (Å²) in [6, 6.07) is 5.09. The summed E-state index contributed by atoms with van der Waals surface area (Å²) in [7, 11) is 1.43. The summed E-state index contributed by atoms with van der Waals surface area (Å²) in [5.41, 5.74) is 1.21. The van der Waals surface area contributed by atoms with Gasteiger partial charge in [0.1, 0.15) is 17.4 Å². The zero-order valence-electron chi connectivity index (χ0n) is 9.27. The Morgan fingerprint density at radius 1 is 1.53 bits per heavy atom. The van der Waals surface area contributed by atoms with Gasteiger partial charge in [-0.05, 0) is 19.1 Å². The quantitative estimate of drug-likeness (QED) is 0.857. The predicted molar refractivity (Wildman–Crippen MR) is 59.2 cm³/mol. The molecule has 0 atom stereocenters. The fourth-order valence-electron chi connectivity index (χ4n) is 1.81. The third kappa shape index (κ3) is 1.51. The number of ether oxygens (including phenoxy) is 1. The van der Waals surface area contributed by atoms with Gasteiger partial charge < -0.3 is 14.3 Å². The predicted octanol–water partition coefficient (Wildman–Crippen LogP) is 2.32. The molecule has 0 amide bonds. The Kier molecular flexibility index (Phi) is 2.48. The molecule has 0 saturated carbocycles. The minimum absolute atomic E-state index is 0.131. The normalized spacial score (nSPS) is 10.2. The van der Waals surface area contributed by atoms with Gasteiger partial charge in [0.05, 0.1) is 18.1 Å². The van der Waals surface area contributed by atoms with Gasteiger partial charge in [-0.2, -0.15) is 5.26 Å². The van der Waals surface area contributed by atoms with Gasteiger partial charge in [-0.1, -0.05) is 0 Å². The molecule has 5 heteroatoms. The maximum Gasteiger partial charge on any atom is 0.372 e.